The molecule has 0 unspecified atom stereocenters. The number of carbonyl (C=O) groups is 1. The fraction of sp³-hybridized carbons (Fsp3) is 0.435. The van der Waals surface area contributed by atoms with Crippen LogP contribution in [0.4, 0.5) is 0 Å². The first-order chi connectivity index (χ1) is 14.1. The highest BCUT2D eigenvalue weighted by Crippen LogP contribution is 2.31. The molecule has 0 spiro atoms. The number of amides is 1. The second-order valence-corrected chi connectivity index (χ2v) is 10.4. The zero-order chi connectivity index (χ0) is 22.1. The summed E-state index contributed by atoms with van der Waals surface area (Å²) in [6.07, 6.45) is 1.04. The summed E-state index contributed by atoms with van der Waals surface area (Å²) in [5, 5.41) is 3.62. The number of hydrogen-bond acceptors (Lipinski definition) is 3. The van der Waals surface area contributed by atoms with E-state index in [1.54, 1.807) is 12.1 Å². The van der Waals surface area contributed by atoms with E-state index in [0.717, 1.165) is 27.8 Å². The van der Waals surface area contributed by atoms with Crippen molar-refractivity contribution in [3.63, 3.8) is 0 Å². The lowest BCUT2D eigenvalue weighted by Crippen LogP contribution is -2.43. The maximum Gasteiger partial charge on any atom is 0.243 e. The number of hydrogen-bond donors (Lipinski definition) is 1. The number of benzene rings is 2. The second-order valence-electron chi connectivity index (χ2n) is 8.11. The van der Waals surface area contributed by atoms with Crippen molar-refractivity contribution in [2.75, 3.05) is 13.1 Å². The molecule has 0 aliphatic carbocycles. The van der Waals surface area contributed by atoms with Gasteiger partial charge in [-0.3, -0.25) is 4.79 Å². The second kappa shape index (κ2) is 9.08. The predicted octanol–water partition coefficient (Wildman–Crippen LogP) is 4.29. The minimum atomic E-state index is -3.59. The number of aryl methyl sites for hydroxylation is 2. The Morgan fingerprint density at radius 2 is 1.57 bits per heavy atom. The van der Waals surface area contributed by atoms with Crippen molar-refractivity contribution >= 4 is 27.5 Å². The highest BCUT2D eigenvalue weighted by atomic mass is 35.5. The molecule has 2 aromatic carbocycles. The first kappa shape index (κ1) is 22.8. The largest absolute Gasteiger partial charge is 0.352 e. The van der Waals surface area contributed by atoms with Crippen LogP contribution in [-0.2, 0) is 21.4 Å². The summed E-state index contributed by atoms with van der Waals surface area (Å²) in [5.41, 5.74) is 4.55. The lowest BCUT2D eigenvalue weighted by atomic mass is 9.97. The molecule has 1 N–H and O–H groups in total. The van der Waals surface area contributed by atoms with Gasteiger partial charge in [-0.2, -0.15) is 4.31 Å². The number of piperidine rings is 1. The maximum absolute atomic E-state index is 13.4. The van der Waals surface area contributed by atoms with Crippen molar-refractivity contribution < 1.29 is 13.2 Å². The van der Waals surface area contributed by atoms with Gasteiger partial charge < -0.3 is 5.32 Å². The van der Waals surface area contributed by atoms with E-state index in [9.17, 15) is 13.2 Å². The lowest BCUT2D eigenvalue weighted by Gasteiger charge is -2.31. The van der Waals surface area contributed by atoms with Crippen molar-refractivity contribution in [2.45, 2.75) is 52.0 Å². The summed E-state index contributed by atoms with van der Waals surface area (Å²) in [5.74, 6) is -0.203. The Morgan fingerprint density at radius 1 is 1.03 bits per heavy atom. The third kappa shape index (κ3) is 4.71. The molecule has 1 heterocycles. The average molecular weight is 449 g/mol. The topological polar surface area (TPSA) is 66.5 Å². The van der Waals surface area contributed by atoms with Crippen molar-refractivity contribution in [1.82, 2.24) is 9.62 Å². The summed E-state index contributed by atoms with van der Waals surface area (Å²) < 4.78 is 28.3. The Balaban J connectivity index is 1.65. The van der Waals surface area contributed by atoms with E-state index in [2.05, 4.69) is 5.32 Å². The van der Waals surface area contributed by atoms with Crippen LogP contribution in [0.2, 0.25) is 5.02 Å². The summed E-state index contributed by atoms with van der Waals surface area (Å²) in [7, 11) is -3.59. The zero-order valence-corrected chi connectivity index (χ0v) is 19.5. The molecule has 1 fully saturated rings. The molecular weight excluding hydrogens is 420 g/mol. The van der Waals surface area contributed by atoms with Gasteiger partial charge in [-0.05, 0) is 80.5 Å². The SMILES string of the molecule is Cc1cc(C)c(C)c(S(=O)(=O)N2CCC(C(=O)NCc3ccc(Cl)cc3)CC2)c1C. The monoisotopic (exact) mass is 448 g/mol. The lowest BCUT2D eigenvalue weighted by molar-refractivity contribution is -0.126. The summed E-state index contributed by atoms with van der Waals surface area (Å²) in [6, 6.07) is 9.38. The summed E-state index contributed by atoms with van der Waals surface area (Å²) in [6.45, 7) is 8.77. The quantitative estimate of drug-likeness (QED) is 0.741. The fourth-order valence-electron chi connectivity index (χ4n) is 3.99. The normalized spacial score (nSPS) is 15.9. The molecule has 0 saturated carbocycles. The molecular formula is C23H29ClN2O3S. The van der Waals surface area contributed by atoms with Crippen LogP contribution >= 0.6 is 11.6 Å². The third-order valence-electron chi connectivity index (χ3n) is 6.10. The van der Waals surface area contributed by atoms with Crippen molar-refractivity contribution in [3.05, 3.63) is 63.2 Å². The Kier molecular flexibility index (Phi) is 6.90. The van der Waals surface area contributed by atoms with Gasteiger partial charge in [0, 0.05) is 30.6 Å². The van der Waals surface area contributed by atoms with Gasteiger partial charge in [0.05, 0.1) is 4.90 Å². The molecule has 0 radical (unpaired) electrons. The van der Waals surface area contributed by atoms with Gasteiger partial charge in [-0.25, -0.2) is 8.42 Å². The standard InChI is InChI=1S/C23H29ClN2O3S/c1-15-13-16(2)18(4)22(17(15)3)30(28,29)26-11-9-20(10-12-26)23(27)25-14-19-5-7-21(24)8-6-19/h5-8,13,20H,9-12,14H2,1-4H3,(H,25,27). The van der Waals surface area contributed by atoms with E-state index in [1.807, 2.05) is 45.9 Å². The molecule has 1 aliphatic rings. The van der Waals surface area contributed by atoms with E-state index in [0.29, 0.717) is 42.4 Å². The molecule has 30 heavy (non-hydrogen) atoms. The molecule has 3 rings (SSSR count). The van der Waals surface area contributed by atoms with Crippen LogP contribution in [0.3, 0.4) is 0 Å². The Morgan fingerprint density at radius 3 is 2.10 bits per heavy atom. The van der Waals surface area contributed by atoms with Gasteiger partial charge in [0.2, 0.25) is 15.9 Å². The van der Waals surface area contributed by atoms with Crippen LogP contribution in [0.15, 0.2) is 35.2 Å². The first-order valence-corrected chi connectivity index (χ1v) is 12.0. The van der Waals surface area contributed by atoms with E-state index in [4.69, 9.17) is 11.6 Å². The average Bonchev–Trinajstić information content (AvgIpc) is 2.72. The van der Waals surface area contributed by atoms with Gasteiger partial charge in [0.25, 0.3) is 0 Å². The molecule has 0 aromatic heterocycles. The molecule has 162 valence electrons. The predicted molar refractivity (Wildman–Crippen MR) is 120 cm³/mol. The molecule has 2 aromatic rings. The van der Waals surface area contributed by atoms with Gasteiger partial charge in [-0.1, -0.05) is 29.8 Å². The maximum atomic E-state index is 13.4. The van der Waals surface area contributed by atoms with Gasteiger partial charge in [-0.15, -0.1) is 0 Å². The van der Waals surface area contributed by atoms with Crippen molar-refractivity contribution in [2.24, 2.45) is 5.92 Å². The minimum absolute atomic E-state index is 0.0271. The van der Waals surface area contributed by atoms with Crippen LogP contribution < -0.4 is 5.32 Å². The number of sulfonamides is 1. The van der Waals surface area contributed by atoms with E-state index in [1.165, 1.54) is 4.31 Å². The summed E-state index contributed by atoms with van der Waals surface area (Å²) >= 11 is 5.89. The number of rotatable bonds is 5. The highest BCUT2D eigenvalue weighted by molar-refractivity contribution is 7.89. The minimum Gasteiger partial charge on any atom is -0.352 e. The van der Waals surface area contributed by atoms with Crippen LogP contribution in [0.5, 0.6) is 0 Å². The summed E-state index contributed by atoms with van der Waals surface area (Å²) in [4.78, 5) is 13.0. The number of nitrogens with zero attached hydrogens (tertiary/aromatic N) is 1. The Hall–Kier alpha value is -1.89. The van der Waals surface area contributed by atoms with Crippen LogP contribution in [0.1, 0.15) is 40.7 Å². The third-order valence-corrected chi connectivity index (χ3v) is 8.53. The van der Waals surface area contributed by atoms with Crippen molar-refractivity contribution in [3.8, 4) is 0 Å². The Bertz CT molecular complexity index is 1010. The first-order valence-electron chi connectivity index (χ1n) is 10.2. The molecule has 1 aliphatic heterocycles. The van der Waals surface area contributed by atoms with Crippen LogP contribution in [0.25, 0.3) is 0 Å². The van der Waals surface area contributed by atoms with E-state index < -0.39 is 10.0 Å². The highest BCUT2D eigenvalue weighted by Gasteiger charge is 2.34. The fourth-order valence-corrected chi connectivity index (χ4v) is 6.16. The van der Waals surface area contributed by atoms with Gasteiger partial charge >= 0.3 is 0 Å². The smallest absolute Gasteiger partial charge is 0.243 e. The number of carbonyl (C=O) groups excluding carboxylic acids is 1. The van der Waals surface area contributed by atoms with Crippen molar-refractivity contribution in [1.29, 1.82) is 0 Å². The zero-order valence-electron chi connectivity index (χ0n) is 18.0. The number of nitrogens with one attached hydrogen (secondary N) is 1. The molecule has 0 atom stereocenters. The molecule has 1 amide bonds. The molecule has 1 saturated heterocycles. The molecule has 7 heteroatoms. The van der Waals surface area contributed by atoms with Crippen LogP contribution in [-0.4, -0.2) is 31.7 Å². The van der Waals surface area contributed by atoms with E-state index in [-0.39, 0.29) is 11.8 Å². The molecule has 5 nitrogen and oxygen atoms in total. The Labute approximate surface area is 184 Å². The molecule has 0 bridgehead atoms. The number of halogens is 1. The van der Waals surface area contributed by atoms with Gasteiger partial charge in [0.1, 0.15) is 0 Å². The van der Waals surface area contributed by atoms with E-state index >= 15 is 0 Å². The van der Waals surface area contributed by atoms with Gasteiger partial charge in [0.15, 0.2) is 0 Å². The van der Waals surface area contributed by atoms with Crippen LogP contribution in [0, 0.1) is 33.6 Å².